The van der Waals surface area contributed by atoms with Crippen molar-refractivity contribution in [2.24, 2.45) is 11.1 Å². The van der Waals surface area contributed by atoms with Crippen LogP contribution >= 0.6 is 0 Å². The molecule has 1 atom stereocenters. The average molecular weight is 259 g/mol. The number of hydrogen-bond acceptors (Lipinski definition) is 4. The van der Waals surface area contributed by atoms with Gasteiger partial charge in [0.1, 0.15) is 0 Å². The number of carboxylic acids is 1. The number of amides is 1. The van der Waals surface area contributed by atoms with E-state index in [0.717, 1.165) is 6.54 Å². The molecule has 0 heterocycles. The van der Waals surface area contributed by atoms with E-state index in [-0.39, 0.29) is 24.2 Å². The van der Waals surface area contributed by atoms with Crippen LogP contribution in [-0.4, -0.2) is 55.1 Å². The number of nitrogens with zero attached hydrogens (tertiary/aromatic N) is 1. The highest BCUT2D eigenvalue weighted by molar-refractivity contribution is 5.82. The van der Waals surface area contributed by atoms with Crippen LogP contribution in [0.15, 0.2) is 0 Å². The second kappa shape index (κ2) is 7.33. The van der Waals surface area contributed by atoms with Crippen molar-refractivity contribution >= 4 is 11.9 Å². The van der Waals surface area contributed by atoms with Gasteiger partial charge in [-0.1, -0.05) is 13.8 Å². The van der Waals surface area contributed by atoms with Gasteiger partial charge >= 0.3 is 5.97 Å². The van der Waals surface area contributed by atoms with Crippen LogP contribution < -0.4 is 11.1 Å². The number of hydrogen-bond donors (Lipinski definition) is 3. The Bertz CT molecular complexity index is 290. The third kappa shape index (κ3) is 8.03. The number of carbonyl (C=O) groups excluding carboxylic acids is 1. The SMILES string of the molecule is CN(C)CC(C)(C)CNC(=O)C(N)CCC(=O)O. The van der Waals surface area contributed by atoms with Crippen LogP contribution in [0.1, 0.15) is 26.7 Å². The Morgan fingerprint density at radius 1 is 1.39 bits per heavy atom. The third-order valence-electron chi connectivity index (χ3n) is 2.49. The van der Waals surface area contributed by atoms with E-state index in [2.05, 4.69) is 24.1 Å². The lowest BCUT2D eigenvalue weighted by atomic mass is 9.93. The summed E-state index contributed by atoms with van der Waals surface area (Å²) in [4.78, 5) is 24.1. The Morgan fingerprint density at radius 2 is 1.94 bits per heavy atom. The summed E-state index contributed by atoms with van der Waals surface area (Å²) in [6, 6.07) is -0.753. The molecule has 6 nitrogen and oxygen atoms in total. The summed E-state index contributed by atoms with van der Waals surface area (Å²) in [5, 5.41) is 11.3. The molecule has 0 aromatic heterocycles. The quantitative estimate of drug-likeness (QED) is 0.565. The van der Waals surface area contributed by atoms with E-state index in [4.69, 9.17) is 10.8 Å². The predicted molar refractivity (Wildman–Crippen MR) is 70.2 cm³/mol. The van der Waals surface area contributed by atoms with E-state index in [0.29, 0.717) is 6.54 Å². The Hall–Kier alpha value is -1.14. The first-order valence-corrected chi connectivity index (χ1v) is 6.04. The van der Waals surface area contributed by atoms with E-state index < -0.39 is 12.0 Å². The van der Waals surface area contributed by atoms with E-state index in [1.807, 2.05) is 14.1 Å². The van der Waals surface area contributed by atoms with Gasteiger partial charge in [0.2, 0.25) is 5.91 Å². The molecule has 0 aromatic rings. The number of aliphatic carboxylic acids is 1. The average Bonchev–Trinajstić information content (AvgIpc) is 2.20. The number of carbonyl (C=O) groups is 2. The predicted octanol–water partition coefficient (Wildman–Crippen LogP) is -0.117. The monoisotopic (exact) mass is 259 g/mol. The Morgan fingerprint density at radius 3 is 2.39 bits per heavy atom. The normalized spacial score (nSPS) is 13.4. The van der Waals surface area contributed by atoms with Gasteiger partial charge in [0, 0.05) is 19.5 Å². The first-order chi connectivity index (χ1) is 8.14. The van der Waals surface area contributed by atoms with Crippen LogP contribution in [0.5, 0.6) is 0 Å². The lowest BCUT2D eigenvalue weighted by Crippen LogP contribution is -2.46. The van der Waals surface area contributed by atoms with E-state index in [9.17, 15) is 9.59 Å². The van der Waals surface area contributed by atoms with E-state index in [1.54, 1.807) is 0 Å². The number of nitrogens with one attached hydrogen (secondary N) is 1. The van der Waals surface area contributed by atoms with Crippen LogP contribution in [-0.2, 0) is 9.59 Å². The van der Waals surface area contributed by atoms with Gasteiger partial charge in [0.25, 0.3) is 0 Å². The molecule has 1 amide bonds. The minimum atomic E-state index is -0.939. The highest BCUT2D eigenvalue weighted by Crippen LogP contribution is 2.14. The molecule has 0 aliphatic rings. The summed E-state index contributed by atoms with van der Waals surface area (Å²) in [6.45, 7) is 5.47. The van der Waals surface area contributed by atoms with Crippen molar-refractivity contribution in [3.05, 3.63) is 0 Å². The maximum absolute atomic E-state index is 11.6. The molecule has 0 saturated heterocycles. The molecule has 6 heteroatoms. The summed E-state index contributed by atoms with van der Waals surface area (Å²) in [6.07, 6.45) is 0.0744. The second-order valence-corrected chi connectivity index (χ2v) is 5.66. The van der Waals surface area contributed by atoms with Crippen molar-refractivity contribution in [1.29, 1.82) is 0 Å². The van der Waals surface area contributed by atoms with Crippen LogP contribution in [0.3, 0.4) is 0 Å². The highest BCUT2D eigenvalue weighted by atomic mass is 16.4. The van der Waals surface area contributed by atoms with Gasteiger partial charge in [-0.25, -0.2) is 0 Å². The van der Waals surface area contributed by atoms with E-state index >= 15 is 0 Å². The Labute approximate surface area is 109 Å². The molecule has 0 aliphatic carbocycles. The summed E-state index contributed by atoms with van der Waals surface area (Å²) in [5.74, 6) is -1.23. The van der Waals surface area contributed by atoms with Crippen molar-refractivity contribution < 1.29 is 14.7 Å². The zero-order chi connectivity index (χ0) is 14.3. The van der Waals surface area contributed by atoms with Crippen molar-refractivity contribution in [3.63, 3.8) is 0 Å². The maximum Gasteiger partial charge on any atom is 0.303 e. The number of nitrogens with two attached hydrogens (primary N) is 1. The topological polar surface area (TPSA) is 95.7 Å². The van der Waals surface area contributed by atoms with Gasteiger partial charge in [-0.05, 0) is 25.9 Å². The fourth-order valence-electron chi connectivity index (χ4n) is 1.78. The van der Waals surface area contributed by atoms with Crippen molar-refractivity contribution in [3.8, 4) is 0 Å². The Kier molecular flexibility index (Phi) is 6.86. The third-order valence-corrected chi connectivity index (χ3v) is 2.49. The van der Waals surface area contributed by atoms with Crippen molar-refractivity contribution in [2.75, 3.05) is 27.2 Å². The molecule has 0 saturated carbocycles. The zero-order valence-electron chi connectivity index (χ0n) is 11.7. The van der Waals surface area contributed by atoms with Gasteiger partial charge in [0.05, 0.1) is 6.04 Å². The van der Waals surface area contributed by atoms with Crippen LogP contribution in [0.4, 0.5) is 0 Å². The maximum atomic E-state index is 11.6. The van der Waals surface area contributed by atoms with Gasteiger partial charge in [0.15, 0.2) is 0 Å². The Balaban J connectivity index is 4.05. The molecule has 18 heavy (non-hydrogen) atoms. The van der Waals surface area contributed by atoms with Gasteiger partial charge in [-0.2, -0.15) is 0 Å². The van der Waals surface area contributed by atoms with Crippen LogP contribution in [0.25, 0.3) is 0 Å². The molecule has 106 valence electrons. The highest BCUT2D eigenvalue weighted by Gasteiger charge is 2.22. The van der Waals surface area contributed by atoms with Gasteiger partial charge in [-0.3, -0.25) is 9.59 Å². The minimum absolute atomic E-state index is 0.0499. The molecule has 0 aliphatic heterocycles. The fourth-order valence-corrected chi connectivity index (χ4v) is 1.78. The first-order valence-electron chi connectivity index (χ1n) is 6.04. The van der Waals surface area contributed by atoms with Gasteiger partial charge < -0.3 is 21.1 Å². The molecule has 0 fully saturated rings. The fraction of sp³-hybridized carbons (Fsp3) is 0.833. The molecule has 0 radical (unpaired) electrons. The second-order valence-electron chi connectivity index (χ2n) is 5.66. The molecule has 0 aromatic carbocycles. The first kappa shape index (κ1) is 16.9. The van der Waals surface area contributed by atoms with Crippen LogP contribution in [0.2, 0.25) is 0 Å². The smallest absolute Gasteiger partial charge is 0.303 e. The van der Waals surface area contributed by atoms with E-state index in [1.165, 1.54) is 0 Å². The molecular weight excluding hydrogens is 234 g/mol. The minimum Gasteiger partial charge on any atom is -0.481 e. The molecular formula is C12H25N3O3. The largest absolute Gasteiger partial charge is 0.481 e. The standard InChI is InChI=1S/C12H25N3O3/c1-12(2,8-15(3)4)7-14-11(18)9(13)5-6-10(16)17/h9H,5-8,13H2,1-4H3,(H,14,18)(H,16,17). The number of carboxylic acid groups (broad SMARTS) is 1. The summed E-state index contributed by atoms with van der Waals surface area (Å²) in [5.41, 5.74) is 5.56. The molecule has 0 rings (SSSR count). The summed E-state index contributed by atoms with van der Waals surface area (Å²) >= 11 is 0. The lowest BCUT2D eigenvalue weighted by molar-refractivity contribution is -0.137. The number of rotatable bonds is 8. The van der Waals surface area contributed by atoms with Crippen molar-refractivity contribution in [1.82, 2.24) is 10.2 Å². The zero-order valence-corrected chi connectivity index (χ0v) is 11.7. The molecule has 0 bridgehead atoms. The van der Waals surface area contributed by atoms with Gasteiger partial charge in [-0.15, -0.1) is 0 Å². The summed E-state index contributed by atoms with van der Waals surface area (Å²) < 4.78 is 0. The lowest BCUT2D eigenvalue weighted by Gasteiger charge is -2.28. The molecule has 0 spiro atoms. The van der Waals surface area contributed by atoms with Crippen molar-refractivity contribution in [2.45, 2.75) is 32.7 Å². The van der Waals surface area contributed by atoms with Crippen LogP contribution in [0, 0.1) is 5.41 Å². The molecule has 4 N–H and O–H groups in total. The molecule has 1 unspecified atom stereocenters. The summed E-state index contributed by atoms with van der Waals surface area (Å²) in [7, 11) is 3.95.